The minimum Gasteiger partial charge on any atom is -0.272 e. The molecule has 2 atom stereocenters. The Bertz CT molecular complexity index is 555. The predicted molar refractivity (Wildman–Crippen MR) is 92.9 cm³/mol. The second kappa shape index (κ2) is 6.08. The van der Waals surface area contributed by atoms with E-state index in [0.717, 1.165) is 19.4 Å². The Balaban J connectivity index is 2.28. The number of hydrogen-bond donors (Lipinski definition) is 1. The van der Waals surface area contributed by atoms with Crippen molar-refractivity contribution in [3.8, 4) is 0 Å². The highest BCUT2D eigenvalue weighted by atomic mass is 32.2. The summed E-state index contributed by atoms with van der Waals surface area (Å²) < 4.78 is 17.7. The third kappa shape index (κ3) is 4.19. The molecule has 2 rings (SSSR count). The number of rotatable bonds is 4. The highest BCUT2D eigenvalue weighted by Crippen LogP contribution is 2.40. The van der Waals surface area contributed by atoms with Gasteiger partial charge in [0.1, 0.15) is 0 Å². The van der Waals surface area contributed by atoms with Crippen molar-refractivity contribution in [3.05, 3.63) is 17.5 Å². The summed E-state index contributed by atoms with van der Waals surface area (Å²) in [6.45, 7) is 15.9. The monoisotopic (exact) mass is 325 g/mol. The first-order chi connectivity index (χ1) is 9.98. The fourth-order valence-electron chi connectivity index (χ4n) is 2.97. The van der Waals surface area contributed by atoms with Crippen molar-refractivity contribution in [2.45, 2.75) is 78.6 Å². The van der Waals surface area contributed by atoms with Crippen LogP contribution in [0.15, 0.2) is 6.20 Å². The number of hydrogen-bond acceptors (Lipinski definition) is 2. The van der Waals surface area contributed by atoms with Crippen LogP contribution in [0.3, 0.4) is 0 Å². The van der Waals surface area contributed by atoms with Crippen LogP contribution in [-0.2, 0) is 24.0 Å². The van der Waals surface area contributed by atoms with Crippen molar-refractivity contribution in [3.63, 3.8) is 0 Å². The third-order valence-corrected chi connectivity index (χ3v) is 5.62. The molecule has 0 saturated heterocycles. The second-order valence-corrected chi connectivity index (χ2v) is 10.7. The lowest BCUT2D eigenvalue weighted by molar-refractivity contribution is 0.271. The number of aromatic nitrogens is 2. The van der Waals surface area contributed by atoms with Gasteiger partial charge < -0.3 is 0 Å². The molecule has 1 aliphatic rings. The zero-order valence-electron chi connectivity index (χ0n) is 15.1. The molecule has 1 aliphatic carbocycles. The molecule has 4 nitrogen and oxygen atoms in total. The molecule has 0 radical (unpaired) electrons. The van der Waals surface area contributed by atoms with Gasteiger partial charge >= 0.3 is 0 Å². The molecule has 0 aromatic carbocycles. The smallest absolute Gasteiger partial charge is 0.0975 e. The van der Waals surface area contributed by atoms with Gasteiger partial charge in [0.2, 0.25) is 0 Å². The van der Waals surface area contributed by atoms with Crippen LogP contribution in [0.5, 0.6) is 0 Å². The van der Waals surface area contributed by atoms with Crippen LogP contribution >= 0.6 is 0 Å². The van der Waals surface area contributed by atoms with E-state index in [-0.39, 0.29) is 16.2 Å². The molecule has 0 fully saturated rings. The first kappa shape index (κ1) is 17.7. The SMILES string of the molecule is CC(C)Cn1cc2c(n1)CC(C)(C)C[C@H]2N[S@@](=O)C(C)(C)C. The van der Waals surface area contributed by atoms with Crippen molar-refractivity contribution in [1.29, 1.82) is 0 Å². The van der Waals surface area contributed by atoms with E-state index in [1.807, 2.05) is 20.8 Å². The predicted octanol–water partition coefficient (Wildman–Crippen LogP) is 3.60. The molecule has 0 amide bonds. The average molecular weight is 326 g/mol. The Labute approximate surface area is 137 Å². The maximum atomic E-state index is 12.5. The maximum absolute atomic E-state index is 12.5. The standard InChI is InChI=1S/C17H31N3OS/c1-12(2)10-20-11-13-14(18-20)8-17(6,7)9-15(13)19-22(21)16(3,4)5/h11-12,15,19H,8-10H2,1-7H3/t15-,22+/m1/s1. The quantitative estimate of drug-likeness (QED) is 0.919. The molecular formula is C17H31N3OS. The van der Waals surface area contributed by atoms with Gasteiger partial charge in [-0.2, -0.15) is 5.10 Å². The fraction of sp³-hybridized carbons (Fsp3) is 0.824. The molecular weight excluding hydrogens is 294 g/mol. The largest absolute Gasteiger partial charge is 0.272 e. The Morgan fingerprint density at radius 2 is 2.09 bits per heavy atom. The third-order valence-electron chi connectivity index (χ3n) is 4.01. The van der Waals surface area contributed by atoms with Crippen molar-refractivity contribution < 1.29 is 4.21 Å². The van der Waals surface area contributed by atoms with Crippen molar-refractivity contribution in [2.75, 3.05) is 0 Å². The van der Waals surface area contributed by atoms with Crippen LogP contribution in [0.4, 0.5) is 0 Å². The second-order valence-electron chi connectivity index (χ2n) is 8.74. The molecule has 0 saturated carbocycles. The normalized spacial score (nSPS) is 22.6. The van der Waals surface area contributed by atoms with E-state index in [1.54, 1.807) is 0 Å². The lowest BCUT2D eigenvalue weighted by Crippen LogP contribution is -2.39. The van der Waals surface area contributed by atoms with Gasteiger partial charge in [-0.1, -0.05) is 27.7 Å². The average Bonchev–Trinajstić information content (AvgIpc) is 2.67. The van der Waals surface area contributed by atoms with Gasteiger partial charge in [-0.3, -0.25) is 4.68 Å². The van der Waals surface area contributed by atoms with Gasteiger partial charge in [0.15, 0.2) is 0 Å². The van der Waals surface area contributed by atoms with Gasteiger partial charge in [-0.25, -0.2) is 8.93 Å². The summed E-state index contributed by atoms with van der Waals surface area (Å²) in [7, 11) is -1.06. The number of nitrogens with zero attached hydrogens (tertiary/aromatic N) is 2. The van der Waals surface area contributed by atoms with Crippen molar-refractivity contribution in [1.82, 2.24) is 14.5 Å². The van der Waals surface area contributed by atoms with Crippen molar-refractivity contribution in [2.24, 2.45) is 11.3 Å². The number of fused-ring (bicyclic) bond motifs is 1. The zero-order chi connectivity index (χ0) is 16.7. The lowest BCUT2D eigenvalue weighted by atomic mass is 9.75. The highest BCUT2D eigenvalue weighted by Gasteiger charge is 2.36. The van der Waals surface area contributed by atoms with Gasteiger partial charge in [-0.05, 0) is 44.9 Å². The summed E-state index contributed by atoms with van der Waals surface area (Å²) in [4.78, 5) is 0. The maximum Gasteiger partial charge on any atom is 0.0975 e. The summed E-state index contributed by atoms with van der Waals surface area (Å²) in [5, 5.41) is 4.78. The van der Waals surface area contributed by atoms with Crippen LogP contribution in [0.25, 0.3) is 0 Å². The van der Waals surface area contributed by atoms with Gasteiger partial charge in [-0.15, -0.1) is 0 Å². The molecule has 22 heavy (non-hydrogen) atoms. The molecule has 5 heteroatoms. The minimum atomic E-state index is -1.06. The molecule has 1 N–H and O–H groups in total. The summed E-state index contributed by atoms with van der Waals surface area (Å²) in [5.41, 5.74) is 2.59. The Hall–Kier alpha value is -0.680. The lowest BCUT2D eigenvalue weighted by Gasteiger charge is -2.35. The summed E-state index contributed by atoms with van der Waals surface area (Å²) in [6, 6.07) is 0.125. The van der Waals surface area contributed by atoms with E-state index in [9.17, 15) is 4.21 Å². The molecule has 0 spiro atoms. The van der Waals surface area contributed by atoms with Gasteiger partial charge in [0.05, 0.1) is 21.4 Å². The van der Waals surface area contributed by atoms with E-state index in [0.29, 0.717) is 5.92 Å². The highest BCUT2D eigenvalue weighted by molar-refractivity contribution is 7.84. The van der Waals surface area contributed by atoms with Crippen LogP contribution in [0, 0.1) is 11.3 Å². The van der Waals surface area contributed by atoms with Gasteiger partial charge in [0, 0.05) is 24.3 Å². The molecule has 1 heterocycles. The summed E-state index contributed by atoms with van der Waals surface area (Å²) in [6.07, 6.45) is 4.14. The molecule has 1 aromatic heterocycles. The Morgan fingerprint density at radius 3 is 2.64 bits per heavy atom. The van der Waals surface area contributed by atoms with E-state index in [1.165, 1.54) is 11.3 Å². The zero-order valence-corrected chi connectivity index (χ0v) is 15.9. The molecule has 0 bridgehead atoms. The van der Waals surface area contributed by atoms with Crippen LogP contribution in [0.2, 0.25) is 0 Å². The van der Waals surface area contributed by atoms with E-state index >= 15 is 0 Å². The molecule has 126 valence electrons. The van der Waals surface area contributed by atoms with Crippen LogP contribution in [0.1, 0.15) is 72.2 Å². The van der Waals surface area contributed by atoms with Crippen LogP contribution < -0.4 is 4.72 Å². The number of nitrogens with one attached hydrogen (secondary N) is 1. The summed E-state index contributed by atoms with van der Waals surface area (Å²) >= 11 is 0. The Kier molecular flexibility index (Phi) is 4.88. The topological polar surface area (TPSA) is 46.9 Å². The van der Waals surface area contributed by atoms with E-state index < -0.39 is 11.0 Å². The van der Waals surface area contributed by atoms with E-state index in [4.69, 9.17) is 5.10 Å². The molecule has 0 aliphatic heterocycles. The van der Waals surface area contributed by atoms with E-state index in [2.05, 4.69) is 43.3 Å². The molecule has 0 unspecified atom stereocenters. The Morgan fingerprint density at radius 1 is 1.45 bits per heavy atom. The molecule has 1 aromatic rings. The minimum absolute atomic E-state index is 0.125. The summed E-state index contributed by atoms with van der Waals surface area (Å²) in [5.74, 6) is 0.574. The fourth-order valence-corrected chi connectivity index (χ4v) is 3.79. The van der Waals surface area contributed by atoms with Crippen LogP contribution in [-0.4, -0.2) is 18.7 Å². The van der Waals surface area contributed by atoms with Crippen molar-refractivity contribution >= 4 is 11.0 Å². The first-order valence-electron chi connectivity index (χ1n) is 8.22. The first-order valence-corrected chi connectivity index (χ1v) is 9.37. The van der Waals surface area contributed by atoms with Gasteiger partial charge in [0.25, 0.3) is 0 Å².